The molecule has 2 aliphatic carbocycles. The van der Waals surface area contributed by atoms with Crippen LogP contribution in [0, 0.1) is 5.92 Å². The molecule has 4 heteroatoms. The molecular formula is C17H22N2S2. The molecule has 2 N–H and O–H groups in total. The Morgan fingerprint density at radius 1 is 1.29 bits per heavy atom. The molecule has 0 spiro atoms. The van der Waals surface area contributed by atoms with Crippen molar-refractivity contribution in [1.82, 2.24) is 4.98 Å². The molecule has 2 heterocycles. The SMILES string of the molecule is CCC1CCC(N)(c2nc3c(s2)CCc2sccc2-3)CC1. The van der Waals surface area contributed by atoms with E-state index in [-0.39, 0.29) is 5.54 Å². The van der Waals surface area contributed by atoms with E-state index in [1.807, 2.05) is 22.7 Å². The maximum Gasteiger partial charge on any atom is 0.113 e. The van der Waals surface area contributed by atoms with Crippen molar-refractivity contribution in [2.24, 2.45) is 11.7 Å². The largest absolute Gasteiger partial charge is 0.319 e. The Morgan fingerprint density at radius 3 is 2.81 bits per heavy atom. The summed E-state index contributed by atoms with van der Waals surface area (Å²) in [7, 11) is 0. The van der Waals surface area contributed by atoms with Crippen LogP contribution in [0.1, 0.15) is 53.8 Å². The predicted octanol–water partition coefficient (Wildman–Crippen LogP) is 4.72. The summed E-state index contributed by atoms with van der Waals surface area (Å²) >= 11 is 3.75. The van der Waals surface area contributed by atoms with E-state index in [9.17, 15) is 0 Å². The van der Waals surface area contributed by atoms with E-state index >= 15 is 0 Å². The summed E-state index contributed by atoms with van der Waals surface area (Å²) < 4.78 is 0. The van der Waals surface area contributed by atoms with Gasteiger partial charge in [0.15, 0.2) is 0 Å². The Labute approximate surface area is 134 Å². The molecule has 0 radical (unpaired) electrons. The van der Waals surface area contributed by atoms with Gasteiger partial charge in [0.2, 0.25) is 0 Å². The number of thiazole rings is 1. The number of nitrogens with zero attached hydrogens (tertiary/aromatic N) is 1. The molecule has 21 heavy (non-hydrogen) atoms. The van der Waals surface area contributed by atoms with Crippen LogP contribution in [0.25, 0.3) is 11.3 Å². The second-order valence-corrected chi connectivity index (χ2v) is 8.64. The molecule has 0 saturated heterocycles. The maximum absolute atomic E-state index is 6.76. The highest BCUT2D eigenvalue weighted by Crippen LogP contribution is 2.45. The van der Waals surface area contributed by atoms with Crippen LogP contribution in [0.3, 0.4) is 0 Å². The average Bonchev–Trinajstić information content (AvgIpc) is 3.14. The highest BCUT2D eigenvalue weighted by molar-refractivity contribution is 7.12. The Hall–Kier alpha value is -0.710. The zero-order valence-electron chi connectivity index (χ0n) is 12.5. The molecule has 0 aliphatic heterocycles. The topological polar surface area (TPSA) is 38.9 Å². The molecule has 2 aromatic rings. The van der Waals surface area contributed by atoms with Crippen molar-refractivity contribution in [3.05, 3.63) is 26.2 Å². The van der Waals surface area contributed by atoms with Crippen LogP contribution < -0.4 is 5.73 Å². The Balaban J connectivity index is 1.66. The number of hydrogen-bond acceptors (Lipinski definition) is 4. The molecule has 4 rings (SSSR count). The fourth-order valence-corrected chi connectivity index (χ4v) is 5.85. The highest BCUT2D eigenvalue weighted by atomic mass is 32.1. The van der Waals surface area contributed by atoms with Gasteiger partial charge in [0, 0.05) is 15.3 Å². The van der Waals surface area contributed by atoms with E-state index in [0.29, 0.717) is 0 Å². The molecule has 2 aliphatic rings. The minimum absolute atomic E-state index is 0.163. The molecule has 1 fully saturated rings. The molecule has 0 unspecified atom stereocenters. The van der Waals surface area contributed by atoms with Gasteiger partial charge in [-0.05, 0) is 55.9 Å². The summed E-state index contributed by atoms with van der Waals surface area (Å²) in [5, 5.41) is 3.39. The lowest BCUT2D eigenvalue weighted by atomic mass is 9.76. The van der Waals surface area contributed by atoms with Crippen molar-refractivity contribution in [2.45, 2.75) is 57.4 Å². The van der Waals surface area contributed by atoms with Crippen molar-refractivity contribution in [1.29, 1.82) is 0 Å². The Bertz CT molecular complexity index is 648. The summed E-state index contributed by atoms with van der Waals surface area (Å²) in [5.41, 5.74) is 9.20. The molecule has 1 saturated carbocycles. The third kappa shape index (κ3) is 2.28. The van der Waals surface area contributed by atoms with Crippen molar-refractivity contribution in [3.8, 4) is 11.3 Å². The van der Waals surface area contributed by atoms with Gasteiger partial charge in [-0.3, -0.25) is 0 Å². The van der Waals surface area contributed by atoms with Gasteiger partial charge in [-0.1, -0.05) is 13.3 Å². The molecule has 2 aromatic heterocycles. The number of thiophene rings is 1. The van der Waals surface area contributed by atoms with Crippen molar-refractivity contribution in [2.75, 3.05) is 0 Å². The second kappa shape index (κ2) is 5.18. The normalized spacial score (nSPS) is 28.2. The first-order chi connectivity index (χ1) is 10.2. The first kappa shape index (κ1) is 13.9. The lowest BCUT2D eigenvalue weighted by molar-refractivity contribution is 0.231. The molecule has 112 valence electrons. The van der Waals surface area contributed by atoms with Gasteiger partial charge in [0.25, 0.3) is 0 Å². The summed E-state index contributed by atoms with van der Waals surface area (Å²) in [6.07, 6.45) is 8.36. The van der Waals surface area contributed by atoms with Gasteiger partial charge in [0.1, 0.15) is 5.01 Å². The summed E-state index contributed by atoms with van der Waals surface area (Å²) in [6, 6.07) is 2.23. The average molecular weight is 319 g/mol. The third-order valence-electron chi connectivity index (χ3n) is 5.28. The van der Waals surface area contributed by atoms with Gasteiger partial charge in [0.05, 0.1) is 11.2 Å². The fraction of sp³-hybridized carbons (Fsp3) is 0.588. The third-order valence-corrected chi connectivity index (χ3v) is 7.59. The second-order valence-electron chi connectivity index (χ2n) is 6.56. The van der Waals surface area contributed by atoms with Crippen LogP contribution in [0.15, 0.2) is 11.4 Å². The minimum Gasteiger partial charge on any atom is -0.319 e. The lowest BCUT2D eigenvalue weighted by Crippen LogP contribution is -2.40. The number of aryl methyl sites for hydroxylation is 2. The summed E-state index contributed by atoms with van der Waals surface area (Å²) in [4.78, 5) is 7.97. The molecule has 0 amide bonds. The van der Waals surface area contributed by atoms with Crippen molar-refractivity contribution >= 4 is 22.7 Å². The summed E-state index contributed by atoms with van der Waals surface area (Å²) in [5.74, 6) is 0.875. The first-order valence-electron chi connectivity index (χ1n) is 8.05. The molecule has 0 bridgehead atoms. The van der Waals surface area contributed by atoms with Gasteiger partial charge >= 0.3 is 0 Å². The van der Waals surface area contributed by atoms with Gasteiger partial charge in [-0.15, -0.1) is 22.7 Å². The minimum atomic E-state index is -0.163. The van der Waals surface area contributed by atoms with Crippen molar-refractivity contribution < 1.29 is 0 Å². The number of rotatable bonds is 2. The zero-order chi connectivity index (χ0) is 14.4. The quantitative estimate of drug-likeness (QED) is 0.870. The van der Waals surface area contributed by atoms with Crippen molar-refractivity contribution in [3.63, 3.8) is 0 Å². The maximum atomic E-state index is 6.76. The smallest absolute Gasteiger partial charge is 0.113 e. The fourth-order valence-electron chi connectivity index (χ4n) is 3.73. The van der Waals surface area contributed by atoms with E-state index in [1.54, 1.807) is 0 Å². The Kier molecular flexibility index (Phi) is 3.43. The van der Waals surface area contributed by atoms with Crippen LogP contribution in [-0.2, 0) is 18.4 Å². The summed E-state index contributed by atoms with van der Waals surface area (Å²) in [6.45, 7) is 2.30. The van der Waals surface area contributed by atoms with Gasteiger partial charge in [-0.2, -0.15) is 0 Å². The van der Waals surface area contributed by atoms with E-state index < -0.39 is 0 Å². The molecule has 0 aromatic carbocycles. The monoisotopic (exact) mass is 318 g/mol. The predicted molar refractivity (Wildman–Crippen MR) is 90.9 cm³/mol. The number of fused-ring (bicyclic) bond motifs is 3. The zero-order valence-corrected chi connectivity index (χ0v) is 14.2. The van der Waals surface area contributed by atoms with Crippen LogP contribution in [0.4, 0.5) is 0 Å². The van der Waals surface area contributed by atoms with Gasteiger partial charge in [-0.25, -0.2) is 4.98 Å². The van der Waals surface area contributed by atoms with Crippen LogP contribution >= 0.6 is 22.7 Å². The molecule has 0 atom stereocenters. The van der Waals surface area contributed by atoms with E-state index in [2.05, 4.69) is 18.4 Å². The first-order valence-corrected chi connectivity index (χ1v) is 9.75. The number of hydrogen-bond donors (Lipinski definition) is 1. The van der Waals surface area contributed by atoms with E-state index in [4.69, 9.17) is 10.7 Å². The Morgan fingerprint density at radius 2 is 2.05 bits per heavy atom. The lowest BCUT2D eigenvalue weighted by Gasteiger charge is -2.35. The standard InChI is InChI=1S/C17H22N2S2/c1-2-11-5-8-17(18,9-6-11)16-19-15-12-7-10-20-13(12)3-4-14(15)21-16/h7,10-11H,2-6,8-9,18H2,1H3. The number of nitrogens with two attached hydrogens (primary N) is 1. The van der Waals surface area contributed by atoms with Crippen LogP contribution in [0.2, 0.25) is 0 Å². The van der Waals surface area contributed by atoms with E-state index in [0.717, 1.165) is 25.2 Å². The van der Waals surface area contributed by atoms with Gasteiger partial charge < -0.3 is 5.73 Å². The molecule has 2 nitrogen and oxygen atoms in total. The highest BCUT2D eigenvalue weighted by Gasteiger charge is 2.36. The number of aromatic nitrogens is 1. The van der Waals surface area contributed by atoms with E-state index in [1.165, 1.54) is 51.7 Å². The molecular weight excluding hydrogens is 296 g/mol. The van der Waals surface area contributed by atoms with Crippen LogP contribution in [0.5, 0.6) is 0 Å². The van der Waals surface area contributed by atoms with Crippen LogP contribution in [-0.4, -0.2) is 4.98 Å².